The minimum Gasteiger partial charge on any atom is -0.302 e. The number of anilines is 1. The lowest BCUT2D eigenvalue weighted by atomic mass is 10.1. The van der Waals surface area contributed by atoms with Crippen LogP contribution in [-0.4, -0.2) is 15.9 Å². The highest BCUT2D eigenvalue weighted by atomic mass is 32.2. The summed E-state index contributed by atoms with van der Waals surface area (Å²) in [7, 11) is 0. The molecule has 3 aromatic rings. The minimum absolute atomic E-state index is 0.262. The van der Waals surface area contributed by atoms with Crippen LogP contribution in [-0.2, 0) is 11.2 Å². The Morgan fingerprint density at radius 3 is 2.39 bits per heavy atom. The summed E-state index contributed by atoms with van der Waals surface area (Å²) in [5.41, 5.74) is 2.51. The number of benzene rings is 1. The summed E-state index contributed by atoms with van der Waals surface area (Å²) in [4.78, 5) is 24.4. The molecule has 0 fully saturated rings. The summed E-state index contributed by atoms with van der Waals surface area (Å²) < 4.78 is 27.9. The molecule has 0 aliphatic carbocycles. The smallest absolute Gasteiger partial charge is 0.230 e. The summed E-state index contributed by atoms with van der Waals surface area (Å²) in [5.74, 6) is -2.03. The van der Waals surface area contributed by atoms with Crippen LogP contribution in [0.25, 0.3) is 15.3 Å². The Hall–Kier alpha value is -2.84. The minimum atomic E-state index is -0.746. The van der Waals surface area contributed by atoms with Gasteiger partial charge < -0.3 is 5.32 Å². The van der Waals surface area contributed by atoms with E-state index in [4.69, 9.17) is 4.98 Å². The van der Waals surface area contributed by atoms with Crippen LogP contribution in [0, 0.1) is 11.6 Å². The number of carbonyl (C=O) groups is 1. The van der Waals surface area contributed by atoms with Gasteiger partial charge in [0.05, 0.1) is 17.0 Å². The van der Waals surface area contributed by atoms with Crippen LogP contribution in [0.4, 0.5) is 13.9 Å². The van der Waals surface area contributed by atoms with Crippen molar-refractivity contribution in [2.75, 3.05) is 5.32 Å². The number of nitrogens with one attached hydrogen (secondary N) is 1. The van der Waals surface area contributed by atoms with Crippen LogP contribution in [0.1, 0.15) is 45.4 Å². The van der Waals surface area contributed by atoms with Crippen molar-refractivity contribution in [3.05, 3.63) is 82.2 Å². The second kappa shape index (κ2) is 11.3. The van der Waals surface area contributed by atoms with Crippen molar-refractivity contribution in [1.82, 2.24) is 9.97 Å². The normalized spacial score (nSPS) is 11.4. The Bertz CT molecular complexity index is 1180. The Morgan fingerprint density at radius 1 is 1.12 bits per heavy atom. The molecule has 0 saturated carbocycles. The van der Waals surface area contributed by atoms with Crippen molar-refractivity contribution in [2.24, 2.45) is 0 Å². The summed E-state index contributed by atoms with van der Waals surface area (Å²) in [6.07, 6.45) is 6.07. The highest BCUT2D eigenvalue weighted by molar-refractivity contribution is 8.11. The number of pyridine rings is 1. The predicted octanol–water partition coefficient (Wildman–Crippen LogP) is 7.46. The van der Waals surface area contributed by atoms with Gasteiger partial charge in [0.1, 0.15) is 11.6 Å². The summed E-state index contributed by atoms with van der Waals surface area (Å²) in [5, 5.41) is 3.09. The van der Waals surface area contributed by atoms with E-state index in [9.17, 15) is 13.6 Å². The van der Waals surface area contributed by atoms with Gasteiger partial charge in [-0.25, -0.2) is 13.8 Å². The number of aromatic nitrogens is 2. The van der Waals surface area contributed by atoms with Crippen molar-refractivity contribution in [3.8, 4) is 10.4 Å². The first-order valence-corrected chi connectivity index (χ1v) is 12.1. The zero-order valence-corrected chi connectivity index (χ0v) is 20.5. The summed E-state index contributed by atoms with van der Waals surface area (Å²) >= 11 is 2.96. The van der Waals surface area contributed by atoms with E-state index < -0.39 is 24.0 Å². The number of thiazole rings is 1. The second-order valence-corrected chi connectivity index (χ2v) is 9.77. The molecule has 2 heterocycles. The van der Waals surface area contributed by atoms with Gasteiger partial charge in [-0.1, -0.05) is 47.7 Å². The number of hydrogen-bond acceptors (Lipinski definition) is 5. The molecule has 0 spiro atoms. The van der Waals surface area contributed by atoms with Crippen LogP contribution in [0.5, 0.6) is 0 Å². The Labute approximate surface area is 200 Å². The molecule has 8 heteroatoms. The van der Waals surface area contributed by atoms with Crippen molar-refractivity contribution in [3.63, 3.8) is 0 Å². The Morgan fingerprint density at radius 2 is 1.79 bits per heavy atom. The Kier molecular flexibility index (Phi) is 8.52. The highest BCUT2D eigenvalue weighted by Crippen LogP contribution is 2.44. The number of rotatable bonds is 8. The van der Waals surface area contributed by atoms with E-state index in [1.54, 1.807) is 24.2 Å². The molecule has 0 atom stereocenters. The lowest BCUT2D eigenvalue weighted by molar-refractivity contribution is -0.115. The van der Waals surface area contributed by atoms with E-state index in [2.05, 4.69) is 30.2 Å². The van der Waals surface area contributed by atoms with E-state index >= 15 is 0 Å². The summed E-state index contributed by atoms with van der Waals surface area (Å²) in [6, 6.07) is 7.32. The predicted molar refractivity (Wildman–Crippen MR) is 134 cm³/mol. The molecule has 2 aromatic heterocycles. The van der Waals surface area contributed by atoms with E-state index in [0.29, 0.717) is 5.13 Å². The van der Waals surface area contributed by atoms with E-state index in [1.165, 1.54) is 17.4 Å². The van der Waals surface area contributed by atoms with E-state index in [1.807, 2.05) is 26.0 Å². The van der Waals surface area contributed by atoms with Crippen LogP contribution in [0.2, 0.25) is 0 Å². The fraction of sp³-hybridized carbons (Fsp3) is 0.240. The number of carbonyl (C=O) groups excluding carboxylic acids is 1. The maximum atomic E-state index is 14.0. The first-order valence-electron chi connectivity index (χ1n) is 10.5. The van der Waals surface area contributed by atoms with Crippen LogP contribution in [0.3, 0.4) is 0 Å². The zero-order valence-electron chi connectivity index (χ0n) is 18.9. The van der Waals surface area contributed by atoms with Crippen LogP contribution >= 0.6 is 23.1 Å². The topological polar surface area (TPSA) is 54.9 Å². The molecule has 0 aliphatic heterocycles. The van der Waals surface area contributed by atoms with Crippen LogP contribution < -0.4 is 5.32 Å². The van der Waals surface area contributed by atoms with Gasteiger partial charge in [-0.3, -0.25) is 9.78 Å². The highest BCUT2D eigenvalue weighted by Gasteiger charge is 2.21. The molecule has 0 bridgehead atoms. The number of thioether (sulfide) groups is 1. The third-order valence-electron chi connectivity index (χ3n) is 4.64. The number of allylic oxidation sites excluding steroid dienone is 3. The Balaban J connectivity index is 1.97. The van der Waals surface area contributed by atoms with Crippen molar-refractivity contribution < 1.29 is 13.6 Å². The van der Waals surface area contributed by atoms with Gasteiger partial charge in [-0.05, 0) is 61.9 Å². The van der Waals surface area contributed by atoms with Crippen molar-refractivity contribution in [1.29, 1.82) is 0 Å². The molecule has 4 nitrogen and oxygen atoms in total. The average Bonchev–Trinajstić information content (AvgIpc) is 3.18. The average molecular weight is 486 g/mol. The number of nitrogens with zero attached hydrogens (tertiary/aromatic N) is 2. The molecule has 172 valence electrons. The third-order valence-corrected chi connectivity index (χ3v) is 6.95. The molecular formula is C25H25F2N3OS2. The molecular weight excluding hydrogens is 460 g/mol. The first kappa shape index (κ1) is 24.8. The van der Waals surface area contributed by atoms with Crippen LogP contribution in [0.15, 0.2) is 59.3 Å². The quantitative estimate of drug-likeness (QED) is 0.360. The van der Waals surface area contributed by atoms with Gasteiger partial charge in [0.15, 0.2) is 5.13 Å². The van der Waals surface area contributed by atoms with Crippen molar-refractivity contribution in [2.45, 2.75) is 40.5 Å². The molecule has 1 aromatic carbocycles. The number of amides is 1. The lowest BCUT2D eigenvalue weighted by Gasteiger charge is -2.10. The standard InChI is InChI=1S/C25H25F2N3OS2/c1-5-7-16(4)32-23(15(2)3)22-24(17-10-12-28-13-11-17)33-25(30-22)29-21(31)14-18-19(26)8-6-9-20(18)27/h6-13H,5,14H2,1-4H3,(H,29,30,31)/b16-7+. The fourth-order valence-electron chi connectivity index (χ4n) is 3.13. The van der Waals surface area contributed by atoms with Gasteiger partial charge in [0.25, 0.3) is 0 Å². The molecule has 3 rings (SSSR count). The molecule has 0 radical (unpaired) electrons. The zero-order chi connectivity index (χ0) is 24.0. The fourth-order valence-corrected chi connectivity index (χ4v) is 5.21. The van der Waals surface area contributed by atoms with Gasteiger partial charge >= 0.3 is 0 Å². The summed E-state index contributed by atoms with van der Waals surface area (Å²) in [6.45, 7) is 8.19. The molecule has 1 amide bonds. The largest absolute Gasteiger partial charge is 0.302 e. The lowest BCUT2D eigenvalue weighted by Crippen LogP contribution is -2.16. The molecule has 0 saturated heterocycles. The maximum absolute atomic E-state index is 14.0. The molecule has 0 aliphatic rings. The SMILES string of the molecule is CC/C=C(\C)SC(=C(C)C)c1nc(NC(=O)Cc2c(F)cccc2F)sc1-c1ccncc1. The number of hydrogen-bond donors (Lipinski definition) is 1. The monoisotopic (exact) mass is 485 g/mol. The van der Waals surface area contributed by atoms with E-state index in [-0.39, 0.29) is 5.56 Å². The first-order chi connectivity index (χ1) is 15.8. The van der Waals surface area contributed by atoms with Gasteiger partial charge in [0.2, 0.25) is 5.91 Å². The van der Waals surface area contributed by atoms with Gasteiger partial charge in [0, 0.05) is 22.9 Å². The second-order valence-electron chi connectivity index (χ2n) is 7.51. The maximum Gasteiger partial charge on any atom is 0.230 e. The van der Waals surface area contributed by atoms with Gasteiger partial charge in [-0.15, -0.1) is 0 Å². The molecule has 33 heavy (non-hydrogen) atoms. The molecule has 0 unspecified atom stereocenters. The van der Waals surface area contributed by atoms with Gasteiger partial charge in [-0.2, -0.15) is 0 Å². The van der Waals surface area contributed by atoms with E-state index in [0.717, 1.165) is 50.1 Å². The van der Waals surface area contributed by atoms with Crippen molar-refractivity contribution >= 4 is 39.0 Å². The number of halogens is 2. The third kappa shape index (κ3) is 6.36. The molecule has 1 N–H and O–H groups in total.